The first-order chi connectivity index (χ1) is 7.69. The molecule has 3 nitrogen and oxygen atoms in total. The highest BCUT2D eigenvalue weighted by Crippen LogP contribution is 2.29. The van der Waals surface area contributed by atoms with Crippen LogP contribution in [-0.4, -0.2) is 19.2 Å². The lowest BCUT2D eigenvalue weighted by Gasteiger charge is -2.25. The molecule has 0 amide bonds. The Hall–Kier alpha value is -1.51. The number of esters is 1. The third-order valence-electron chi connectivity index (χ3n) is 2.87. The number of aryl methyl sites for hydroxylation is 2. The van der Waals surface area contributed by atoms with E-state index in [2.05, 4.69) is 17.7 Å². The standard InChI is InChI=1S/C13H16O3/c1-9-3-6-12-10(7-9)4-5-11(16-12)8-13(14)15-2/h3,6-7,11H,4-5,8H2,1-2H3/t11-/m1/s1. The van der Waals surface area contributed by atoms with E-state index in [0.29, 0.717) is 6.42 Å². The molecule has 16 heavy (non-hydrogen) atoms. The minimum Gasteiger partial charge on any atom is -0.490 e. The Morgan fingerprint density at radius 3 is 3.12 bits per heavy atom. The van der Waals surface area contributed by atoms with Crippen molar-refractivity contribution in [1.29, 1.82) is 0 Å². The molecule has 0 saturated heterocycles. The molecule has 0 bridgehead atoms. The first-order valence-corrected chi connectivity index (χ1v) is 5.52. The maximum atomic E-state index is 11.1. The maximum absolute atomic E-state index is 11.1. The molecule has 1 aliphatic rings. The van der Waals surface area contributed by atoms with Crippen molar-refractivity contribution in [2.75, 3.05) is 7.11 Å². The Labute approximate surface area is 95.4 Å². The molecule has 3 heteroatoms. The normalized spacial score (nSPS) is 18.5. The topological polar surface area (TPSA) is 35.5 Å². The molecule has 0 fully saturated rings. The molecule has 1 heterocycles. The number of carbonyl (C=O) groups is 1. The highest BCUT2D eigenvalue weighted by molar-refractivity contribution is 5.69. The Bertz CT molecular complexity index is 398. The van der Waals surface area contributed by atoms with E-state index in [9.17, 15) is 4.79 Å². The van der Waals surface area contributed by atoms with Crippen LogP contribution in [-0.2, 0) is 16.0 Å². The second kappa shape index (κ2) is 4.56. The van der Waals surface area contributed by atoms with Gasteiger partial charge >= 0.3 is 5.97 Å². The summed E-state index contributed by atoms with van der Waals surface area (Å²) in [6.45, 7) is 2.07. The van der Waals surface area contributed by atoms with Gasteiger partial charge in [-0.3, -0.25) is 4.79 Å². The quantitative estimate of drug-likeness (QED) is 0.717. The lowest BCUT2D eigenvalue weighted by Crippen LogP contribution is -2.26. The number of ether oxygens (including phenoxy) is 2. The summed E-state index contributed by atoms with van der Waals surface area (Å²) >= 11 is 0. The molecular weight excluding hydrogens is 204 g/mol. The van der Waals surface area contributed by atoms with Crippen LogP contribution in [0.3, 0.4) is 0 Å². The second-order valence-electron chi connectivity index (χ2n) is 4.17. The van der Waals surface area contributed by atoms with E-state index in [1.54, 1.807) is 0 Å². The molecule has 0 spiro atoms. The molecule has 0 aromatic heterocycles. The highest BCUT2D eigenvalue weighted by atomic mass is 16.5. The van der Waals surface area contributed by atoms with Crippen molar-refractivity contribution in [1.82, 2.24) is 0 Å². The molecule has 1 aromatic carbocycles. The van der Waals surface area contributed by atoms with Gasteiger partial charge in [-0.05, 0) is 31.4 Å². The number of methoxy groups -OCH3 is 1. The van der Waals surface area contributed by atoms with Gasteiger partial charge < -0.3 is 9.47 Å². The number of benzene rings is 1. The molecule has 0 aliphatic carbocycles. The summed E-state index contributed by atoms with van der Waals surface area (Å²) in [5.41, 5.74) is 2.48. The zero-order valence-corrected chi connectivity index (χ0v) is 9.66. The SMILES string of the molecule is COC(=O)C[C@H]1CCc2cc(C)ccc2O1. The number of hydrogen-bond acceptors (Lipinski definition) is 3. The van der Waals surface area contributed by atoms with E-state index < -0.39 is 0 Å². The molecule has 0 N–H and O–H groups in total. The van der Waals surface area contributed by atoms with E-state index in [4.69, 9.17) is 4.74 Å². The summed E-state index contributed by atoms with van der Waals surface area (Å²) in [6, 6.07) is 6.15. The molecule has 2 rings (SSSR count). The summed E-state index contributed by atoms with van der Waals surface area (Å²) in [7, 11) is 1.41. The van der Waals surface area contributed by atoms with Crippen LogP contribution in [0.1, 0.15) is 24.0 Å². The smallest absolute Gasteiger partial charge is 0.309 e. The predicted octanol–water partition coefficient (Wildman–Crippen LogP) is 2.25. The minimum absolute atomic E-state index is 0.0392. The van der Waals surface area contributed by atoms with Crippen molar-refractivity contribution in [2.45, 2.75) is 32.3 Å². The first kappa shape index (κ1) is 11.0. The Kier molecular flexibility index (Phi) is 3.13. The summed E-state index contributed by atoms with van der Waals surface area (Å²) < 4.78 is 10.4. The van der Waals surface area contributed by atoms with Crippen molar-refractivity contribution in [3.63, 3.8) is 0 Å². The second-order valence-corrected chi connectivity index (χ2v) is 4.17. The number of carbonyl (C=O) groups excluding carboxylic acids is 1. The zero-order chi connectivity index (χ0) is 11.5. The van der Waals surface area contributed by atoms with Gasteiger partial charge in [-0.25, -0.2) is 0 Å². The zero-order valence-electron chi connectivity index (χ0n) is 9.66. The van der Waals surface area contributed by atoms with Crippen LogP contribution < -0.4 is 4.74 Å². The predicted molar refractivity (Wildman–Crippen MR) is 60.5 cm³/mol. The Balaban J connectivity index is 2.06. The van der Waals surface area contributed by atoms with Gasteiger partial charge in [-0.2, -0.15) is 0 Å². The van der Waals surface area contributed by atoms with Gasteiger partial charge in [-0.1, -0.05) is 17.7 Å². The first-order valence-electron chi connectivity index (χ1n) is 5.52. The van der Waals surface area contributed by atoms with Gasteiger partial charge in [-0.15, -0.1) is 0 Å². The molecule has 86 valence electrons. The van der Waals surface area contributed by atoms with Gasteiger partial charge in [0.2, 0.25) is 0 Å². The van der Waals surface area contributed by atoms with Crippen molar-refractivity contribution >= 4 is 5.97 Å². The average molecular weight is 220 g/mol. The lowest BCUT2D eigenvalue weighted by molar-refractivity contribution is -0.142. The number of hydrogen-bond donors (Lipinski definition) is 0. The molecule has 0 saturated carbocycles. The lowest BCUT2D eigenvalue weighted by atomic mass is 9.99. The monoisotopic (exact) mass is 220 g/mol. The van der Waals surface area contributed by atoms with Crippen molar-refractivity contribution < 1.29 is 14.3 Å². The molecule has 0 unspecified atom stereocenters. The summed E-state index contributed by atoms with van der Waals surface area (Å²) in [6.07, 6.45) is 2.15. The fraction of sp³-hybridized carbons (Fsp3) is 0.462. The van der Waals surface area contributed by atoms with Crippen LogP contribution in [0.4, 0.5) is 0 Å². The highest BCUT2D eigenvalue weighted by Gasteiger charge is 2.22. The average Bonchev–Trinajstić information content (AvgIpc) is 2.29. The van der Waals surface area contributed by atoms with E-state index in [-0.39, 0.29) is 12.1 Å². The van der Waals surface area contributed by atoms with Crippen molar-refractivity contribution in [3.8, 4) is 5.75 Å². The molecule has 1 aliphatic heterocycles. The fourth-order valence-corrected chi connectivity index (χ4v) is 1.99. The van der Waals surface area contributed by atoms with Crippen LogP contribution in [0.15, 0.2) is 18.2 Å². The van der Waals surface area contributed by atoms with Crippen LogP contribution in [0.5, 0.6) is 5.75 Å². The van der Waals surface area contributed by atoms with Gasteiger partial charge in [0.05, 0.1) is 13.5 Å². The molecule has 1 atom stereocenters. The summed E-state index contributed by atoms with van der Waals surface area (Å²) in [5.74, 6) is 0.700. The van der Waals surface area contributed by atoms with Crippen LogP contribution >= 0.6 is 0 Å². The Morgan fingerprint density at radius 2 is 2.38 bits per heavy atom. The molecular formula is C13H16O3. The van der Waals surface area contributed by atoms with Gasteiger partial charge in [0.25, 0.3) is 0 Å². The summed E-state index contributed by atoms with van der Waals surface area (Å²) in [5, 5.41) is 0. The third kappa shape index (κ3) is 2.35. The van der Waals surface area contributed by atoms with E-state index in [1.807, 2.05) is 12.1 Å². The largest absolute Gasteiger partial charge is 0.490 e. The van der Waals surface area contributed by atoms with Crippen molar-refractivity contribution in [2.24, 2.45) is 0 Å². The van der Waals surface area contributed by atoms with Gasteiger partial charge in [0.15, 0.2) is 0 Å². The van der Waals surface area contributed by atoms with E-state index >= 15 is 0 Å². The van der Waals surface area contributed by atoms with E-state index in [1.165, 1.54) is 18.2 Å². The van der Waals surface area contributed by atoms with Crippen LogP contribution in [0, 0.1) is 6.92 Å². The summed E-state index contributed by atoms with van der Waals surface area (Å²) in [4.78, 5) is 11.1. The fourth-order valence-electron chi connectivity index (χ4n) is 1.99. The number of rotatable bonds is 2. The molecule has 1 aromatic rings. The van der Waals surface area contributed by atoms with Crippen LogP contribution in [0.25, 0.3) is 0 Å². The van der Waals surface area contributed by atoms with Crippen LogP contribution in [0.2, 0.25) is 0 Å². The number of fused-ring (bicyclic) bond motifs is 1. The van der Waals surface area contributed by atoms with E-state index in [0.717, 1.165) is 18.6 Å². The van der Waals surface area contributed by atoms with Crippen molar-refractivity contribution in [3.05, 3.63) is 29.3 Å². The Morgan fingerprint density at radius 1 is 1.56 bits per heavy atom. The molecule has 0 radical (unpaired) electrons. The third-order valence-corrected chi connectivity index (χ3v) is 2.87. The van der Waals surface area contributed by atoms with Gasteiger partial charge in [0.1, 0.15) is 11.9 Å². The minimum atomic E-state index is -0.208. The maximum Gasteiger partial charge on any atom is 0.309 e. The van der Waals surface area contributed by atoms with Gasteiger partial charge in [0, 0.05) is 0 Å².